The van der Waals surface area contributed by atoms with Crippen molar-refractivity contribution in [3.8, 4) is 0 Å². The number of hydrazone groups is 1. The highest BCUT2D eigenvalue weighted by molar-refractivity contribution is 8.00. The van der Waals surface area contributed by atoms with Gasteiger partial charge in [-0.15, -0.1) is 11.8 Å². The standard InChI is InChI=1S/C20H23N3O2S/c1-13-5-11-19(12-6-13)26-15(3)20(25)23-22-14(2)17-7-9-18(10-8-17)21-16(4)24/h5-12,15H,1-4H3,(H,21,24)(H,23,25)/b22-14-/t15-/m0/s1. The number of aryl methyl sites for hydroxylation is 1. The van der Waals surface area contributed by atoms with Gasteiger partial charge in [0.2, 0.25) is 5.91 Å². The summed E-state index contributed by atoms with van der Waals surface area (Å²) in [4.78, 5) is 24.3. The van der Waals surface area contributed by atoms with Gasteiger partial charge in [0, 0.05) is 17.5 Å². The first-order chi connectivity index (χ1) is 12.3. The smallest absolute Gasteiger partial charge is 0.253 e. The summed E-state index contributed by atoms with van der Waals surface area (Å²) in [6.45, 7) is 7.18. The Morgan fingerprint density at radius 2 is 1.62 bits per heavy atom. The van der Waals surface area contributed by atoms with Crippen LogP contribution >= 0.6 is 11.8 Å². The molecule has 0 fully saturated rings. The largest absolute Gasteiger partial charge is 0.326 e. The number of carbonyl (C=O) groups excluding carboxylic acids is 2. The molecular weight excluding hydrogens is 346 g/mol. The van der Waals surface area contributed by atoms with Gasteiger partial charge in [-0.25, -0.2) is 5.43 Å². The highest BCUT2D eigenvalue weighted by Gasteiger charge is 2.14. The van der Waals surface area contributed by atoms with Crippen molar-refractivity contribution in [2.75, 3.05) is 5.32 Å². The second kappa shape index (κ2) is 9.20. The number of amides is 2. The third-order valence-electron chi connectivity index (χ3n) is 3.66. The molecule has 0 heterocycles. The topological polar surface area (TPSA) is 70.6 Å². The van der Waals surface area contributed by atoms with E-state index in [1.54, 1.807) is 12.1 Å². The molecule has 0 saturated heterocycles. The first kappa shape index (κ1) is 19.7. The van der Waals surface area contributed by atoms with Crippen LogP contribution in [0.5, 0.6) is 0 Å². The van der Waals surface area contributed by atoms with Crippen LogP contribution in [0.25, 0.3) is 0 Å². The van der Waals surface area contributed by atoms with Gasteiger partial charge in [-0.1, -0.05) is 29.8 Å². The number of nitrogens with zero attached hydrogens (tertiary/aromatic N) is 1. The van der Waals surface area contributed by atoms with Crippen LogP contribution in [0.15, 0.2) is 58.5 Å². The Hall–Kier alpha value is -2.60. The van der Waals surface area contributed by atoms with Crippen molar-refractivity contribution in [1.82, 2.24) is 5.43 Å². The first-order valence-electron chi connectivity index (χ1n) is 8.30. The van der Waals surface area contributed by atoms with Crippen molar-refractivity contribution in [3.05, 3.63) is 59.7 Å². The van der Waals surface area contributed by atoms with Gasteiger partial charge in [0.25, 0.3) is 5.91 Å². The number of hydrogen-bond donors (Lipinski definition) is 2. The Labute approximate surface area is 158 Å². The Morgan fingerprint density at radius 3 is 2.19 bits per heavy atom. The molecule has 0 unspecified atom stereocenters. The Balaban J connectivity index is 1.93. The second-order valence-electron chi connectivity index (χ2n) is 6.00. The molecule has 0 aliphatic carbocycles. The summed E-state index contributed by atoms with van der Waals surface area (Å²) in [5.41, 5.74) is 6.10. The molecule has 0 saturated carbocycles. The van der Waals surface area contributed by atoms with Crippen LogP contribution in [-0.2, 0) is 9.59 Å². The number of hydrogen-bond acceptors (Lipinski definition) is 4. The van der Waals surface area contributed by atoms with E-state index in [0.717, 1.165) is 16.1 Å². The SMILES string of the molecule is CC(=O)Nc1ccc(/C(C)=N\NC(=O)[C@H](C)Sc2ccc(C)cc2)cc1. The molecule has 2 rings (SSSR count). The van der Waals surface area contributed by atoms with Crippen molar-refractivity contribution in [1.29, 1.82) is 0 Å². The van der Waals surface area contributed by atoms with Crippen LogP contribution in [0.1, 0.15) is 31.9 Å². The Morgan fingerprint density at radius 1 is 1.00 bits per heavy atom. The Kier molecular flexibility index (Phi) is 6.97. The molecule has 0 radical (unpaired) electrons. The molecule has 6 heteroatoms. The van der Waals surface area contributed by atoms with Crippen molar-refractivity contribution in [3.63, 3.8) is 0 Å². The van der Waals surface area contributed by atoms with Crippen molar-refractivity contribution in [2.45, 2.75) is 37.8 Å². The summed E-state index contributed by atoms with van der Waals surface area (Å²) in [6.07, 6.45) is 0. The van der Waals surface area contributed by atoms with Crippen LogP contribution < -0.4 is 10.7 Å². The van der Waals surface area contributed by atoms with E-state index in [2.05, 4.69) is 15.8 Å². The van der Waals surface area contributed by atoms with Crippen molar-refractivity contribution >= 4 is 35.0 Å². The zero-order chi connectivity index (χ0) is 19.1. The number of nitrogens with one attached hydrogen (secondary N) is 2. The second-order valence-corrected chi connectivity index (χ2v) is 7.42. The molecule has 0 aliphatic rings. The highest BCUT2D eigenvalue weighted by Crippen LogP contribution is 2.23. The summed E-state index contributed by atoms with van der Waals surface area (Å²) in [5.74, 6) is -0.264. The molecular formula is C20H23N3O2S. The fourth-order valence-corrected chi connectivity index (χ4v) is 3.03. The predicted octanol–water partition coefficient (Wildman–Crippen LogP) is 3.97. The minimum Gasteiger partial charge on any atom is -0.326 e. The summed E-state index contributed by atoms with van der Waals surface area (Å²) in [5, 5.41) is 6.64. The molecule has 0 aliphatic heterocycles. The first-order valence-corrected chi connectivity index (χ1v) is 9.18. The van der Waals surface area contributed by atoms with Crippen LogP contribution in [0.3, 0.4) is 0 Å². The lowest BCUT2D eigenvalue weighted by Crippen LogP contribution is -2.27. The number of carbonyl (C=O) groups is 2. The van der Waals surface area contributed by atoms with Crippen LogP contribution in [0.2, 0.25) is 0 Å². The molecule has 2 amide bonds. The van der Waals surface area contributed by atoms with E-state index < -0.39 is 0 Å². The van der Waals surface area contributed by atoms with E-state index in [1.165, 1.54) is 24.2 Å². The van der Waals surface area contributed by atoms with Gasteiger partial charge in [-0.3, -0.25) is 9.59 Å². The van der Waals surface area contributed by atoms with Gasteiger partial charge >= 0.3 is 0 Å². The molecule has 2 aromatic carbocycles. The zero-order valence-corrected chi connectivity index (χ0v) is 16.2. The van der Waals surface area contributed by atoms with E-state index in [4.69, 9.17) is 0 Å². The molecule has 0 aromatic heterocycles. The molecule has 2 aromatic rings. The molecule has 26 heavy (non-hydrogen) atoms. The summed E-state index contributed by atoms with van der Waals surface area (Å²) in [6, 6.07) is 15.4. The van der Waals surface area contributed by atoms with Crippen LogP contribution in [0.4, 0.5) is 5.69 Å². The molecule has 2 N–H and O–H groups in total. The summed E-state index contributed by atoms with van der Waals surface area (Å²) >= 11 is 1.49. The molecule has 0 bridgehead atoms. The molecule has 5 nitrogen and oxygen atoms in total. The number of rotatable bonds is 6. The molecule has 1 atom stereocenters. The van der Waals surface area contributed by atoms with E-state index >= 15 is 0 Å². The third-order valence-corrected chi connectivity index (χ3v) is 4.77. The highest BCUT2D eigenvalue weighted by atomic mass is 32.2. The van der Waals surface area contributed by atoms with E-state index in [1.807, 2.05) is 57.2 Å². The van der Waals surface area contributed by atoms with E-state index in [9.17, 15) is 9.59 Å². The third kappa shape index (κ3) is 6.04. The van der Waals surface area contributed by atoms with Gasteiger partial charge < -0.3 is 5.32 Å². The summed E-state index contributed by atoms with van der Waals surface area (Å²) < 4.78 is 0. The lowest BCUT2D eigenvalue weighted by atomic mass is 10.1. The van der Waals surface area contributed by atoms with Crippen LogP contribution in [0, 0.1) is 6.92 Å². The van der Waals surface area contributed by atoms with Gasteiger partial charge in [0.15, 0.2) is 0 Å². The predicted molar refractivity (Wildman–Crippen MR) is 108 cm³/mol. The van der Waals surface area contributed by atoms with E-state index in [0.29, 0.717) is 5.71 Å². The van der Waals surface area contributed by atoms with Gasteiger partial charge in [0.05, 0.1) is 11.0 Å². The average molecular weight is 369 g/mol. The summed E-state index contributed by atoms with van der Waals surface area (Å²) in [7, 11) is 0. The normalized spacial score (nSPS) is 12.4. The number of benzene rings is 2. The quantitative estimate of drug-likeness (QED) is 0.460. The average Bonchev–Trinajstić information content (AvgIpc) is 2.61. The van der Waals surface area contributed by atoms with Gasteiger partial charge in [0.1, 0.15) is 0 Å². The molecule has 136 valence electrons. The zero-order valence-electron chi connectivity index (χ0n) is 15.4. The fourth-order valence-electron chi connectivity index (χ4n) is 2.17. The molecule has 0 spiro atoms. The maximum atomic E-state index is 12.2. The monoisotopic (exact) mass is 369 g/mol. The lowest BCUT2D eigenvalue weighted by Gasteiger charge is -2.10. The van der Waals surface area contributed by atoms with Gasteiger partial charge in [-0.2, -0.15) is 5.10 Å². The maximum Gasteiger partial charge on any atom is 0.253 e. The van der Waals surface area contributed by atoms with E-state index in [-0.39, 0.29) is 17.1 Å². The maximum absolute atomic E-state index is 12.2. The van der Waals surface area contributed by atoms with Crippen molar-refractivity contribution in [2.24, 2.45) is 5.10 Å². The van der Waals surface area contributed by atoms with Gasteiger partial charge in [-0.05, 0) is 50.6 Å². The number of anilines is 1. The van der Waals surface area contributed by atoms with Crippen molar-refractivity contribution < 1.29 is 9.59 Å². The minimum atomic E-state index is -0.253. The lowest BCUT2D eigenvalue weighted by molar-refractivity contribution is -0.120. The van der Waals surface area contributed by atoms with Crippen LogP contribution in [-0.4, -0.2) is 22.8 Å². The Bertz CT molecular complexity index is 799. The fraction of sp³-hybridized carbons (Fsp3) is 0.250. The number of thioether (sulfide) groups is 1. The minimum absolute atomic E-state index is 0.115.